The highest BCUT2D eigenvalue weighted by Crippen LogP contribution is 2.16. The zero-order valence-corrected chi connectivity index (χ0v) is 17.1. The second kappa shape index (κ2) is 10.3. The van der Waals surface area contributed by atoms with Gasteiger partial charge in [0.05, 0.1) is 6.61 Å². The van der Waals surface area contributed by atoms with E-state index in [4.69, 9.17) is 9.47 Å². The van der Waals surface area contributed by atoms with Gasteiger partial charge in [-0.25, -0.2) is 0 Å². The average Bonchev–Trinajstić information content (AvgIpc) is 2.69. The minimum absolute atomic E-state index is 0.340. The van der Waals surface area contributed by atoms with Crippen LogP contribution in [-0.2, 0) is 14.3 Å². The first-order chi connectivity index (χ1) is 13.8. The van der Waals surface area contributed by atoms with E-state index in [1.165, 1.54) is 6.92 Å². The minimum Gasteiger partial charge on any atom is -0.494 e. The van der Waals surface area contributed by atoms with Crippen LogP contribution >= 0.6 is 0 Å². The van der Waals surface area contributed by atoms with Gasteiger partial charge in [0.1, 0.15) is 12.3 Å². The Kier molecular flexibility index (Phi) is 7.77. The summed E-state index contributed by atoms with van der Waals surface area (Å²) in [6.07, 6.45) is -0.995. The highest BCUT2D eigenvalue weighted by molar-refractivity contribution is 5.97. The smallest absolute Gasteiger partial charge is 0.326 e. The SMILES string of the molecule is CCOc1ccc(C(=O)NCC(=O)O[C@H](C)C(=O)Nc2ccc(C)cc2C)cc1. The lowest BCUT2D eigenvalue weighted by molar-refractivity contribution is -0.152. The van der Waals surface area contributed by atoms with Gasteiger partial charge in [-0.1, -0.05) is 17.7 Å². The third kappa shape index (κ3) is 6.64. The van der Waals surface area contributed by atoms with Crippen LogP contribution < -0.4 is 15.4 Å². The Balaban J connectivity index is 1.81. The van der Waals surface area contributed by atoms with Crippen molar-refractivity contribution in [2.24, 2.45) is 0 Å². The van der Waals surface area contributed by atoms with E-state index < -0.39 is 23.9 Å². The maximum Gasteiger partial charge on any atom is 0.326 e. The maximum absolute atomic E-state index is 12.2. The number of benzene rings is 2. The number of carbonyl (C=O) groups is 3. The highest BCUT2D eigenvalue weighted by atomic mass is 16.5. The number of hydrogen-bond acceptors (Lipinski definition) is 5. The van der Waals surface area contributed by atoms with Crippen LogP contribution in [0, 0.1) is 13.8 Å². The largest absolute Gasteiger partial charge is 0.494 e. The van der Waals surface area contributed by atoms with Crippen molar-refractivity contribution in [2.45, 2.75) is 33.8 Å². The number of esters is 1. The third-order valence-corrected chi connectivity index (χ3v) is 4.14. The number of hydrogen-bond donors (Lipinski definition) is 2. The van der Waals surface area contributed by atoms with E-state index in [1.54, 1.807) is 30.3 Å². The number of rotatable bonds is 8. The number of nitrogens with one attached hydrogen (secondary N) is 2. The van der Waals surface area contributed by atoms with Crippen molar-refractivity contribution in [1.29, 1.82) is 0 Å². The Labute approximate surface area is 170 Å². The molecule has 0 unspecified atom stereocenters. The molecule has 0 fully saturated rings. The van der Waals surface area contributed by atoms with E-state index in [-0.39, 0.29) is 6.54 Å². The Morgan fingerprint density at radius 3 is 2.34 bits per heavy atom. The standard InChI is InChI=1S/C22H26N2O5/c1-5-28-18-9-7-17(8-10-18)22(27)23-13-20(25)29-16(4)21(26)24-19-11-6-14(2)12-15(19)3/h6-12,16H,5,13H2,1-4H3,(H,23,27)(H,24,26)/t16-/m1/s1. The number of ether oxygens (including phenoxy) is 2. The Morgan fingerprint density at radius 2 is 1.72 bits per heavy atom. The monoisotopic (exact) mass is 398 g/mol. The van der Waals surface area contributed by atoms with Gasteiger partial charge in [-0.3, -0.25) is 14.4 Å². The molecule has 29 heavy (non-hydrogen) atoms. The fraction of sp³-hybridized carbons (Fsp3) is 0.318. The molecule has 1 atom stereocenters. The molecule has 0 spiro atoms. The van der Waals surface area contributed by atoms with Crippen molar-refractivity contribution in [3.05, 3.63) is 59.2 Å². The third-order valence-electron chi connectivity index (χ3n) is 4.14. The van der Waals surface area contributed by atoms with Gasteiger partial charge in [0, 0.05) is 11.3 Å². The molecule has 0 aliphatic rings. The summed E-state index contributed by atoms with van der Waals surface area (Å²) in [5.74, 6) is -0.903. The predicted molar refractivity (Wildman–Crippen MR) is 110 cm³/mol. The topological polar surface area (TPSA) is 93.7 Å². The molecule has 2 aromatic carbocycles. The molecular formula is C22H26N2O5. The molecule has 2 N–H and O–H groups in total. The van der Waals surface area contributed by atoms with Crippen LogP contribution in [0.1, 0.15) is 35.3 Å². The zero-order valence-electron chi connectivity index (χ0n) is 17.1. The summed E-state index contributed by atoms with van der Waals surface area (Å²) in [6.45, 7) is 7.39. The molecule has 2 amide bonds. The van der Waals surface area contributed by atoms with E-state index in [2.05, 4.69) is 10.6 Å². The van der Waals surface area contributed by atoms with E-state index in [1.807, 2.05) is 32.9 Å². The van der Waals surface area contributed by atoms with Crippen molar-refractivity contribution in [1.82, 2.24) is 5.32 Å². The number of anilines is 1. The molecule has 0 heterocycles. The number of carbonyl (C=O) groups excluding carboxylic acids is 3. The fourth-order valence-corrected chi connectivity index (χ4v) is 2.60. The lowest BCUT2D eigenvalue weighted by Gasteiger charge is -2.15. The van der Waals surface area contributed by atoms with Gasteiger partial charge < -0.3 is 20.1 Å². The molecule has 0 saturated heterocycles. The van der Waals surface area contributed by atoms with Gasteiger partial charge in [-0.2, -0.15) is 0 Å². The lowest BCUT2D eigenvalue weighted by Crippen LogP contribution is -2.35. The minimum atomic E-state index is -0.995. The van der Waals surface area contributed by atoms with Gasteiger partial charge >= 0.3 is 5.97 Å². The van der Waals surface area contributed by atoms with Gasteiger partial charge in [0.15, 0.2) is 6.10 Å². The average molecular weight is 398 g/mol. The summed E-state index contributed by atoms with van der Waals surface area (Å²) in [5.41, 5.74) is 3.05. The molecule has 0 saturated carbocycles. The molecule has 0 aromatic heterocycles. The van der Waals surface area contributed by atoms with Crippen molar-refractivity contribution < 1.29 is 23.9 Å². The van der Waals surface area contributed by atoms with Gasteiger partial charge in [-0.15, -0.1) is 0 Å². The Bertz CT molecular complexity index is 877. The molecule has 7 heteroatoms. The van der Waals surface area contributed by atoms with Crippen LogP contribution in [0.4, 0.5) is 5.69 Å². The van der Waals surface area contributed by atoms with Crippen molar-refractivity contribution in [3.63, 3.8) is 0 Å². The summed E-state index contributed by atoms with van der Waals surface area (Å²) < 4.78 is 10.4. The lowest BCUT2D eigenvalue weighted by atomic mass is 10.1. The molecule has 2 aromatic rings. The number of aryl methyl sites for hydroxylation is 2. The molecule has 0 radical (unpaired) electrons. The molecule has 7 nitrogen and oxygen atoms in total. The van der Waals surface area contributed by atoms with Crippen LogP contribution in [0.25, 0.3) is 0 Å². The van der Waals surface area contributed by atoms with Crippen molar-refractivity contribution in [2.75, 3.05) is 18.5 Å². The summed E-state index contributed by atoms with van der Waals surface area (Å²) in [5, 5.41) is 5.21. The van der Waals surface area contributed by atoms with E-state index in [0.717, 1.165) is 11.1 Å². The second-order valence-corrected chi connectivity index (χ2v) is 6.58. The quantitative estimate of drug-likeness (QED) is 0.667. The second-order valence-electron chi connectivity index (χ2n) is 6.58. The Hall–Kier alpha value is -3.35. The van der Waals surface area contributed by atoms with Gasteiger partial charge in [0.2, 0.25) is 0 Å². The van der Waals surface area contributed by atoms with E-state index in [9.17, 15) is 14.4 Å². The summed E-state index contributed by atoms with van der Waals surface area (Å²) in [6, 6.07) is 12.2. The fourth-order valence-electron chi connectivity index (χ4n) is 2.60. The van der Waals surface area contributed by atoms with E-state index >= 15 is 0 Å². The van der Waals surface area contributed by atoms with Crippen LogP contribution in [0.2, 0.25) is 0 Å². The maximum atomic E-state index is 12.2. The zero-order chi connectivity index (χ0) is 21.4. The van der Waals surface area contributed by atoms with Gasteiger partial charge in [0.25, 0.3) is 11.8 Å². The summed E-state index contributed by atoms with van der Waals surface area (Å²) in [4.78, 5) is 36.3. The molecule has 0 aliphatic carbocycles. The van der Waals surface area contributed by atoms with Crippen LogP contribution in [-0.4, -0.2) is 37.0 Å². The predicted octanol–water partition coefficient (Wildman–Crippen LogP) is 3.00. The first-order valence-corrected chi connectivity index (χ1v) is 9.38. The van der Waals surface area contributed by atoms with Crippen LogP contribution in [0.5, 0.6) is 5.75 Å². The summed E-state index contributed by atoms with van der Waals surface area (Å²) >= 11 is 0. The van der Waals surface area contributed by atoms with Gasteiger partial charge in [-0.05, 0) is 63.6 Å². The molecular weight excluding hydrogens is 372 g/mol. The highest BCUT2D eigenvalue weighted by Gasteiger charge is 2.19. The normalized spacial score (nSPS) is 11.3. The number of amides is 2. The molecule has 0 aliphatic heterocycles. The molecule has 154 valence electrons. The first kappa shape index (κ1) is 21.9. The van der Waals surface area contributed by atoms with E-state index in [0.29, 0.717) is 23.6 Å². The van der Waals surface area contributed by atoms with Crippen LogP contribution in [0.15, 0.2) is 42.5 Å². The van der Waals surface area contributed by atoms with Crippen molar-refractivity contribution in [3.8, 4) is 5.75 Å². The summed E-state index contributed by atoms with van der Waals surface area (Å²) in [7, 11) is 0. The van der Waals surface area contributed by atoms with Crippen LogP contribution in [0.3, 0.4) is 0 Å². The van der Waals surface area contributed by atoms with Crippen molar-refractivity contribution >= 4 is 23.5 Å². The Morgan fingerprint density at radius 1 is 1.03 bits per heavy atom. The molecule has 0 bridgehead atoms. The first-order valence-electron chi connectivity index (χ1n) is 9.38. The molecule has 2 rings (SSSR count).